The summed E-state index contributed by atoms with van der Waals surface area (Å²) in [5, 5.41) is 3.64. The van der Waals surface area contributed by atoms with Crippen LogP contribution in [0.3, 0.4) is 0 Å². The van der Waals surface area contributed by atoms with Crippen LogP contribution in [0.2, 0.25) is 0 Å². The Balaban J connectivity index is 1.79. The average molecular weight is 277 g/mol. The highest BCUT2D eigenvalue weighted by Gasteiger charge is 2.28. The summed E-state index contributed by atoms with van der Waals surface area (Å²) >= 11 is 0. The Hall–Kier alpha value is -1.06. The van der Waals surface area contributed by atoms with Crippen molar-refractivity contribution in [2.75, 3.05) is 13.2 Å². The second kappa shape index (κ2) is 7.09. The topological polar surface area (TPSA) is 30.5 Å². The van der Waals surface area contributed by atoms with Crippen LogP contribution in [0.1, 0.15) is 45.6 Å². The molecule has 0 aromatic heterocycles. The predicted octanol–water partition coefficient (Wildman–Crippen LogP) is 3.52. The van der Waals surface area contributed by atoms with E-state index in [1.54, 1.807) is 0 Å². The van der Waals surface area contributed by atoms with Crippen molar-refractivity contribution in [2.45, 2.75) is 58.2 Å². The maximum atomic E-state index is 5.74. The molecule has 20 heavy (non-hydrogen) atoms. The standard InChI is InChI=1S/C17H27NO2/c1-4-10-19-16-7-5-14(6-8-16)13-18-15-9-11-20-17(2,3)12-15/h5-8,15,18H,4,9-13H2,1-3H3. The molecule has 0 saturated carbocycles. The summed E-state index contributed by atoms with van der Waals surface area (Å²) in [4.78, 5) is 0. The Labute approximate surface area is 122 Å². The summed E-state index contributed by atoms with van der Waals surface area (Å²) in [5.41, 5.74) is 1.31. The van der Waals surface area contributed by atoms with Gasteiger partial charge in [0.1, 0.15) is 5.75 Å². The third kappa shape index (κ3) is 4.80. The van der Waals surface area contributed by atoms with E-state index in [9.17, 15) is 0 Å². The number of nitrogens with one attached hydrogen (secondary N) is 1. The molecule has 0 amide bonds. The van der Waals surface area contributed by atoms with Gasteiger partial charge in [-0.1, -0.05) is 19.1 Å². The highest BCUT2D eigenvalue weighted by atomic mass is 16.5. The number of rotatable bonds is 6. The van der Waals surface area contributed by atoms with Crippen LogP contribution in [0.4, 0.5) is 0 Å². The van der Waals surface area contributed by atoms with Crippen LogP contribution < -0.4 is 10.1 Å². The van der Waals surface area contributed by atoms with Crippen LogP contribution in [-0.4, -0.2) is 24.9 Å². The summed E-state index contributed by atoms with van der Waals surface area (Å²) in [6.45, 7) is 9.01. The van der Waals surface area contributed by atoms with Gasteiger partial charge in [-0.05, 0) is 50.8 Å². The maximum Gasteiger partial charge on any atom is 0.119 e. The van der Waals surface area contributed by atoms with Gasteiger partial charge in [-0.2, -0.15) is 0 Å². The van der Waals surface area contributed by atoms with Gasteiger partial charge in [-0.15, -0.1) is 0 Å². The Morgan fingerprint density at radius 3 is 2.70 bits per heavy atom. The van der Waals surface area contributed by atoms with Crippen LogP contribution in [0.5, 0.6) is 5.75 Å². The molecule has 1 aliphatic rings. The highest BCUT2D eigenvalue weighted by Crippen LogP contribution is 2.24. The zero-order chi connectivity index (χ0) is 14.4. The molecule has 0 aliphatic carbocycles. The predicted molar refractivity (Wildman–Crippen MR) is 82.1 cm³/mol. The van der Waals surface area contributed by atoms with E-state index in [4.69, 9.17) is 9.47 Å². The Bertz CT molecular complexity index is 400. The number of hydrogen-bond donors (Lipinski definition) is 1. The van der Waals surface area contributed by atoms with Gasteiger partial charge in [0.2, 0.25) is 0 Å². The zero-order valence-corrected chi connectivity index (χ0v) is 12.9. The summed E-state index contributed by atoms with van der Waals surface area (Å²) in [7, 11) is 0. The van der Waals surface area contributed by atoms with E-state index >= 15 is 0 Å². The number of benzene rings is 1. The molecule has 3 nitrogen and oxygen atoms in total. The van der Waals surface area contributed by atoms with Gasteiger partial charge in [0, 0.05) is 19.2 Å². The lowest BCUT2D eigenvalue weighted by Crippen LogP contribution is -2.43. The summed E-state index contributed by atoms with van der Waals surface area (Å²) in [6, 6.07) is 8.95. The molecule has 1 N–H and O–H groups in total. The molecule has 0 radical (unpaired) electrons. The third-order valence-electron chi connectivity index (χ3n) is 3.69. The monoisotopic (exact) mass is 277 g/mol. The molecule has 0 bridgehead atoms. The van der Waals surface area contributed by atoms with Crippen molar-refractivity contribution in [1.29, 1.82) is 0 Å². The highest BCUT2D eigenvalue weighted by molar-refractivity contribution is 5.27. The fourth-order valence-electron chi connectivity index (χ4n) is 2.59. The molecule has 1 aliphatic heterocycles. The fraction of sp³-hybridized carbons (Fsp3) is 0.647. The van der Waals surface area contributed by atoms with E-state index in [-0.39, 0.29) is 5.60 Å². The molecule has 1 fully saturated rings. The van der Waals surface area contributed by atoms with Gasteiger partial charge >= 0.3 is 0 Å². The van der Waals surface area contributed by atoms with Crippen molar-refractivity contribution < 1.29 is 9.47 Å². The quantitative estimate of drug-likeness (QED) is 0.863. The van der Waals surface area contributed by atoms with Gasteiger partial charge in [-0.3, -0.25) is 0 Å². The molecule has 1 aromatic rings. The largest absolute Gasteiger partial charge is 0.494 e. The number of hydrogen-bond acceptors (Lipinski definition) is 3. The first-order valence-corrected chi connectivity index (χ1v) is 7.68. The number of ether oxygens (including phenoxy) is 2. The molecule has 1 atom stereocenters. The molecular weight excluding hydrogens is 250 g/mol. The second-order valence-corrected chi connectivity index (χ2v) is 6.17. The third-order valence-corrected chi connectivity index (χ3v) is 3.69. The second-order valence-electron chi connectivity index (χ2n) is 6.17. The summed E-state index contributed by atoms with van der Waals surface area (Å²) in [6.07, 6.45) is 3.22. The van der Waals surface area contributed by atoms with Crippen molar-refractivity contribution in [1.82, 2.24) is 5.32 Å². The van der Waals surface area contributed by atoms with Gasteiger partial charge in [-0.25, -0.2) is 0 Å². The normalized spacial score (nSPS) is 21.6. The van der Waals surface area contributed by atoms with E-state index in [0.29, 0.717) is 6.04 Å². The molecule has 112 valence electrons. The smallest absolute Gasteiger partial charge is 0.119 e. The molecule has 1 aromatic carbocycles. The maximum absolute atomic E-state index is 5.74. The van der Waals surface area contributed by atoms with Crippen LogP contribution in [0.15, 0.2) is 24.3 Å². The first kappa shape index (κ1) is 15.3. The minimum absolute atomic E-state index is 0.00771. The van der Waals surface area contributed by atoms with Crippen molar-refractivity contribution in [3.8, 4) is 5.75 Å². The van der Waals surface area contributed by atoms with Crippen LogP contribution in [0.25, 0.3) is 0 Å². The van der Waals surface area contributed by atoms with E-state index in [1.807, 2.05) is 0 Å². The lowest BCUT2D eigenvalue weighted by atomic mass is 9.94. The first-order chi connectivity index (χ1) is 9.59. The van der Waals surface area contributed by atoms with Crippen LogP contribution >= 0.6 is 0 Å². The SMILES string of the molecule is CCCOc1ccc(CNC2CCOC(C)(C)C2)cc1. The lowest BCUT2D eigenvalue weighted by molar-refractivity contribution is -0.0630. The van der Waals surface area contributed by atoms with Gasteiger partial charge in [0.05, 0.1) is 12.2 Å². The van der Waals surface area contributed by atoms with Gasteiger partial charge < -0.3 is 14.8 Å². The fourth-order valence-corrected chi connectivity index (χ4v) is 2.59. The summed E-state index contributed by atoms with van der Waals surface area (Å²) in [5.74, 6) is 0.961. The average Bonchev–Trinajstić information content (AvgIpc) is 2.43. The Kier molecular flexibility index (Phi) is 5.44. The van der Waals surface area contributed by atoms with E-state index in [1.165, 1.54) is 5.56 Å². The minimum Gasteiger partial charge on any atom is -0.494 e. The molecular formula is C17H27NO2. The van der Waals surface area contributed by atoms with Crippen molar-refractivity contribution >= 4 is 0 Å². The molecule has 1 heterocycles. The van der Waals surface area contributed by atoms with Crippen LogP contribution in [0, 0.1) is 0 Å². The Morgan fingerprint density at radius 1 is 1.30 bits per heavy atom. The van der Waals surface area contributed by atoms with Crippen LogP contribution in [-0.2, 0) is 11.3 Å². The van der Waals surface area contributed by atoms with E-state index in [2.05, 4.69) is 50.4 Å². The van der Waals surface area contributed by atoms with Gasteiger partial charge in [0.15, 0.2) is 0 Å². The first-order valence-electron chi connectivity index (χ1n) is 7.68. The van der Waals surface area contributed by atoms with Gasteiger partial charge in [0.25, 0.3) is 0 Å². The summed E-state index contributed by atoms with van der Waals surface area (Å²) < 4.78 is 11.3. The lowest BCUT2D eigenvalue weighted by Gasteiger charge is -2.36. The van der Waals surface area contributed by atoms with Crippen molar-refractivity contribution in [3.63, 3.8) is 0 Å². The van der Waals surface area contributed by atoms with E-state index in [0.717, 1.165) is 44.8 Å². The van der Waals surface area contributed by atoms with Crippen molar-refractivity contribution in [3.05, 3.63) is 29.8 Å². The molecule has 2 rings (SSSR count). The molecule has 1 unspecified atom stereocenters. The zero-order valence-electron chi connectivity index (χ0n) is 12.9. The molecule has 1 saturated heterocycles. The van der Waals surface area contributed by atoms with E-state index < -0.39 is 0 Å². The van der Waals surface area contributed by atoms with Crippen molar-refractivity contribution in [2.24, 2.45) is 0 Å². The molecule has 3 heteroatoms. The molecule has 0 spiro atoms. The Morgan fingerprint density at radius 2 is 2.05 bits per heavy atom. The minimum atomic E-state index is 0.00771.